The molecule has 1 fully saturated rings. The van der Waals surface area contributed by atoms with Gasteiger partial charge in [0.2, 0.25) is 0 Å². The highest BCUT2D eigenvalue weighted by atomic mass is 35.5. The molecule has 1 heterocycles. The van der Waals surface area contributed by atoms with Crippen LogP contribution in [0.25, 0.3) is 0 Å². The first kappa shape index (κ1) is 14.7. The smallest absolute Gasteiger partial charge is 0.270 e. The van der Waals surface area contributed by atoms with E-state index in [1.54, 1.807) is 0 Å². The van der Waals surface area contributed by atoms with E-state index in [1.807, 2.05) is 0 Å². The lowest BCUT2D eigenvalue weighted by Crippen LogP contribution is -2.34. The molecule has 0 spiro atoms. The van der Waals surface area contributed by atoms with Crippen molar-refractivity contribution in [1.29, 1.82) is 0 Å². The number of hydrogen-bond donors (Lipinski definition) is 3. The maximum atomic E-state index is 11.9. The Balaban J connectivity index is 2.00. The van der Waals surface area contributed by atoms with Crippen LogP contribution < -0.4 is 10.6 Å². The molecule has 0 aromatic heterocycles. The maximum absolute atomic E-state index is 11.9. The SMILES string of the molecule is O=C(NCC1CNCC1O)c1ccc([N+](=O)[O-])cc1Cl. The third kappa shape index (κ3) is 3.24. The third-order valence-electron chi connectivity index (χ3n) is 3.24. The second-order valence-corrected chi connectivity index (χ2v) is 5.02. The fraction of sp³-hybridized carbons (Fsp3) is 0.417. The molecule has 2 atom stereocenters. The zero-order valence-electron chi connectivity index (χ0n) is 10.5. The standard InChI is InChI=1S/C12H14ClN3O4/c13-10-3-8(16(19)20)1-2-9(10)12(18)15-5-7-4-14-6-11(7)17/h1-3,7,11,14,17H,4-6H2,(H,15,18). The molecular formula is C12H14ClN3O4. The Kier molecular flexibility index (Phi) is 4.53. The molecule has 8 heteroatoms. The summed E-state index contributed by atoms with van der Waals surface area (Å²) in [6.45, 7) is 1.47. The van der Waals surface area contributed by atoms with Crippen molar-refractivity contribution < 1.29 is 14.8 Å². The zero-order chi connectivity index (χ0) is 14.7. The first-order valence-corrected chi connectivity index (χ1v) is 6.47. The number of carbonyl (C=O) groups excluding carboxylic acids is 1. The van der Waals surface area contributed by atoms with Crippen molar-refractivity contribution in [3.8, 4) is 0 Å². The number of nitrogens with zero attached hydrogens (tertiary/aromatic N) is 1. The number of benzene rings is 1. The molecule has 1 amide bonds. The monoisotopic (exact) mass is 299 g/mol. The van der Waals surface area contributed by atoms with Gasteiger partial charge >= 0.3 is 0 Å². The van der Waals surface area contributed by atoms with E-state index < -0.39 is 16.9 Å². The summed E-state index contributed by atoms with van der Waals surface area (Å²) in [6.07, 6.45) is -0.484. The van der Waals surface area contributed by atoms with E-state index in [2.05, 4.69) is 10.6 Å². The van der Waals surface area contributed by atoms with Crippen molar-refractivity contribution in [3.05, 3.63) is 38.9 Å². The minimum Gasteiger partial charge on any atom is -0.391 e. The molecule has 0 bridgehead atoms. The number of non-ortho nitro benzene ring substituents is 1. The summed E-state index contributed by atoms with van der Waals surface area (Å²) in [5.41, 5.74) is 0.0136. The quantitative estimate of drug-likeness (QED) is 0.556. The van der Waals surface area contributed by atoms with E-state index >= 15 is 0 Å². The minimum atomic E-state index is -0.575. The Morgan fingerprint density at radius 1 is 1.55 bits per heavy atom. The van der Waals surface area contributed by atoms with Crippen LogP contribution in [0.1, 0.15) is 10.4 Å². The predicted molar refractivity (Wildman–Crippen MR) is 72.8 cm³/mol. The van der Waals surface area contributed by atoms with E-state index in [0.29, 0.717) is 19.6 Å². The Labute approximate surface area is 120 Å². The lowest BCUT2D eigenvalue weighted by molar-refractivity contribution is -0.384. The molecule has 20 heavy (non-hydrogen) atoms. The molecule has 108 valence electrons. The first-order chi connectivity index (χ1) is 9.49. The molecule has 7 nitrogen and oxygen atoms in total. The molecule has 1 aromatic carbocycles. The van der Waals surface area contributed by atoms with Gasteiger partial charge in [0, 0.05) is 37.7 Å². The third-order valence-corrected chi connectivity index (χ3v) is 3.55. The van der Waals surface area contributed by atoms with E-state index in [4.69, 9.17) is 11.6 Å². The zero-order valence-corrected chi connectivity index (χ0v) is 11.3. The molecular weight excluding hydrogens is 286 g/mol. The van der Waals surface area contributed by atoms with Gasteiger partial charge < -0.3 is 15.7 Å². The number of nitrogens with one attached hydrogen (secondary N) is 2. The van der Waals surface area contributed by atoms with Crippen LogP contribution in [0.2, 0.25) is 5.02 Å². The summed E-state index contributed by atoms with van der Waals surface area (Å²) >= 11 is 5.87. The lowest BCUT2D eigenvalue weighted by Gasteiger charge is -2.14. The van der Waals surface area contributed by atoms with Crippen molar-refractivity contribution in [2.75, 3.05) is 19.6 Å². The van der Waals surface area contributed by atoms with E-state index in [9.17, 15) is 20.0 Å². The van der Waals surface area contributed by atoms with Crippen LogP contribution in [0.3, 0.4) is 0 Å². The van der Waals surface area contributed by atoms with Crippen LogP contribution in [0.5, 0.6) is 0 Å². The first-order valence-electron chi connectivity index (χ1n) is 6.10. The number of hydrogen-bond acceptors (Lipinski definition) is 5. The highest BCUT2D eigenvalue weighted by Crippen LogP contribution is 2.22. The second kappa shape index (κ2) is 6.17. The number of halogens is 1. The number of amides is 1. The molecule has 1 aliphatic rings. The summed E-state index contributed by atoms with van der Waals surface area (Å²) in [7, 11) is 0. The molecule has 1 saturated heterocycles. The highest BCUT2D eigenvalue weighted by molar-refractivity contribution is 6.34. The number of nitro groups is 1. The van der Waals surface area contributed by atoms with Crippen molar-refractivity contribution in [2.45, 2.75) is 6.10 Å². The molecule has 2 rings (SSSR count). The van der Waals surface area contributed by atoms with Crippen LogP contribution in [0, 0.1) is 16.0 Å². The lowest BCUT2D eigenvalue weighted by atomic mass is 10.1. The van der Waals surface area contributed by atoms with Gasteiger partial charge in [-0.25, -0.2) is 0 Å². The van der Waals surface area contributed by atoms with Gasteiger partial charge in [0.15, 0.2) is 0 Å². The topological polar surface area (TPSA) is 104 Å². The van der Waals surface area contributed by atoms with Gasteiger partial charge in [-0.15, -0.1) is 0 Å². The molecule has 3 N–H and O–H groups in total. The van der Waals surface area contributed by atoms with Crippen LogP contribution >= 0.6 is 11.6 Å². The van der Waals surface area contributed by atoms with Crippen LogP contribution in [-0.2, 0) is 0 Å². The van der Waals surface area contributed by atoms with E-state index in [-0.39, 0.29) is 22.2 Å². The van der Waals surface area contributed by atoms with Crippen LogP contribution in [-0.4, -0.2) is 41.7 Å². The molecule has 0 saturated carbocycles. The molecule has 0 radical (unpaired) electrons. The molecule has 1 aliphatic heterocycles. The van der Waals surface area contributed by atoms with E-state index in [1.165, 1.54) is 12.1 Å². The summed E-state index contributed by atoms with van der Waals surface area (Å²) < 4.78 is 0. The number of nitro benzene ring substituents is 1. The van der Waals surface area contributed by atoms with Gasteiger partial charge in [0.05, 0.1) is 21.6 Å². The van der Waals surface area contributed by atoms with Crippen LogP contribution in [0.15, 0.2) is 18.2 Å². The average molecular weight is 300 g/mol. The second-order valence-electron chi connectivity index (χ2n) is 4.62. The number of carbonyl (C=O) groups is 1. The normalized spacial score (nSPS) is 21.7. The summed E-state index contributed by atoms with van der Waals surface area (Å²) in [6, 6.07) is 3.69. The van der Waals surface area contributed by atoms with Crippen molar-refractivity contribution >= 4 is 23.2 Å². The van der Waals surface area contributed by atoms with Crippen molar-refractivity contribution in [3.63, 3.8) is 0 Å². The average Bonchev–Trinajstić information content (AvgIpc) is 2.81. The number of aliphatic hydroxyl groups excluding tert-OH is 1. The highest BCUT2D eigenvalue weighted by Gasteiger charge is 2.25. The van der Waals surface area contributed by atoms with Gasteiger partial charge in [-0.1, -0.05) is 11.6 Å². The van der Waals surface area contributed by atoms with Crippen molar-refractivity contribution in [2.24, 2.45) is 5.92 Å². The van der Waals surface area contributed by atoms with Crippen LogP contribution in [0.4, 0.5) is 5.69 Å². The predicted octanol–water partition coefficient (Wildman–Crippen LogP) is 0.558. The molecule has 1 aromatic rings. The largest absolute Gasteiger partial charge is 0.391 e. The Hall–Kier alpha value is -1.70. The summed E-state index contributed by atoms with van der Waals surface area (Å²) in [5, 5.41) is 25.9. The maximum Gasteiger partial charge on any atom is 0.270 e. The van der Waals surface area contributed by atoms with Gasteiger partial charge in [0.1, 0.15) is 0 Å². The van der Waals surface area contributed by atoms with Crippen molar-refractivity contribution in [1.82, 2.24) is 10.6 Å². The molecule has 2 unspecified atom stereocenters. The Morgan fingerprint density at radius 3 is 2.85 bits per heavy atom. The summed E-state index contributed by atoms with van der Waals surface area (Å²) in [5.74, 6) is -0.459. The fourth-order valence-corrected chi connectivity index (χ4v) is 2.31. The van der Waals surface area contributed by atoms with Gasteiger partial charge in [-0.05, 0) is 6.07 Å². The molecule has 0 aliphatic carbocycles. The van der Waals surface area contributed by atoms with E-state index in [0.717, 1.165) is 6.07 Å². The number of rotatable bonds is 4. The van der Waals surface area contributed by atoms with Gasteiger partial charge in [-0.3, -0.25) is 14.9 Å². The Morgan fingerprint density at radius 2 is 2.30 bits per heavy atom. The van der Waals surface area contributed by atoms with Gasteiger partial charge in [-0.2, -0.15) is 0 Å². The Bertz CT molecular complexity index is 537. The summed E-state index contributed by atoms with van der Waals surface area (Å²) in [4.78, 5) is 21.9. The minimum absolute atomic E-state index is 0.0294. The number of β-amino-alcohol motifs (C(OH)–C–C–N with tert-alkyl or cyclic N) is 1. The number of aliphatic hydroxyl groups is 1. The van der Waals surface area contributed by atoms with Gasteiger partial charge in [0.25, 0.3) is 11.6 Å². The fourth-order valence-electron chi connectivity index (χ4n) is 2.05.